The van der Waals surface area contributed by atoms with Gasteiger partial charge in [0.15, 0.2) is 0 Å². The van der Waals surface area contributed by atoms with Crippen LogP contribution in [-0.2, 0) is 11.2 Å². The molecule has 0 saturated heterocycles. The molecule has 0 radical (unpaired) electrons. The highest BCUT2D eigenvalue weighted by Crippen LogP contribution is 2.08. The van der Waals surface area contributed by atoms with Gasteiger partial charge in [0.25, 0.3) is 0 Å². The van der Waals surface area contributed by atoms with Gasteiger partial charge in [-0.15, -0.1) is 0 Å². The molecule has 4 heteroatoms. The molecule has 1 rings (SSSR count). The van der Waals surface area contributed by atoms with Crippen molar-refractivity contribution in [3.63, 3.8) is 0 Å². The van der Waals surface area contributed by atoms with E-state index in [1.54, 1.807) is 0 Å². The summed E-state index contributed by atoms with van der Waals surface area (Å²) >= 11 is 2.24. The van der Waals surface area contributed by atoms with Gasteiger partial charge < -0.3 is 11.1 Å². The van der Waals surface area contributed by atoms with Gasteiger partial charge in [-0.05, 0) is 53.6 Å². The number of halogens is 1. The molecule has 3 N–H and O–H groups in total. The first-order valence-corrected chi connectivity index (χ1v) is 6.42. The molecule has 0 aromatic heterocycles. The molecule has 1 aromatic rings. The van der Waals surface area contributed by atoms with E-state index in [-0.39, 0.29) is 11.9 Å². The number of carbonyl (C=O) groups is 1. The topological polar surface area (TPSA) is 55.1 Å². The van der Waals surface area contributed by atoms with Crippen LogP contribution in [0.25, 0.3) is 0 Å². The normalized spacial score (nSPS) is 12.2. The number of benzene rings is 1. The number of hydrogen-bond donors (Lipinski definition) is 2. The summed E-state index contributed by atoms with van der Waals surface area (Å²) in [5, 5.41) is 2.86. The number of amides is 1. The molecular weight excluding hydrogens is 315 g/mol. The molecule has 0 saturated carbocycles. The Kier molecular flexibility index (Phi) is 5.76. The first-order chi connectivity index (χ1) is 7.58. The second-order valence-corrected chi connectivity index (χ2v) is 5.17. The van der Waals surface area contributed by atoms with E-state index in [0.717, 1.165) is 15.6 Å². The average Bonchev–Trinajstić information content (AvgIpc) is 2.16. The van der Waals surface area contributed by atoms with E-state index in [2.05, 4.69) is 27.9 Å². The molecule has 1 amide bonds. The van der Waals surface area contributed by atoms with Crippen molar-refractivity contribution in [3.05, 3.63) is 33.4 Å². The SMILES string of the molecule is CC(N)CCNC(=O)Cc1cccc(I)c1. The van der Waals surface area contributed by atoms with E-state index in [9.17, 15) is 4.79 Å². The van der Waals surface area contributed by atoms with Crippen LogP contribution in [-0.4, -0.2) is 18.5 Å². The maximum atomic E-state index is 11.6. The van der Waals surface area contributed by atoms with Crippen LogP contribution in [0.3, 0.4) is 0 Å². The Labute approximate surface area is 110 Å². The van der Waals surface area contributed by atoms with Crippen LogP contribution in [0.1, 0.15) is 18.9 Å². The first-order valence-electron chi connectivity index (χ1n) is 5.34. The van der Waals surface area contributed by atoms with Crippen LogP contribution in [0.4, 0.5) is 0 Å². The zero-order valence-corrected chi connectivity index (χ0v) is 11.5. The fourth-order valence-electron chi connectivity index (χ4n) is 1.33. The molecule has 88 valence electrons. The van der Waals surface area contributed by atoms with Crippen LogP contribution >= 0.6 is 22.6 Å². The van der Waals surface area contributed by atoms with Crippen molar-refractivity contribution in [2.45, 2.75) is 25.8 Å². The smallest absolute Gasteiger partial charge is 0.224 e. The van der Waals surface area contributed by atoms with Crippen molar-refractivity contribution in [1.82, 2.24) is 5.32 Å². The zero-order valence-electron chi connectivity index (χ0n) is 9.37. The largest absolute Gasteiger partial charge is 0.356 e. The monoisotopic (exact) mass is 332 g/mol. The van der Waals surface area contributed by atoms with E-state index in [0.29, 0.717) is 13.0 Å². The predicted octanol–water partition coefficient (Wildman–Crippen LogP) is 1.69. The van der Waals surface area contributed by atoms with Crippen LogP contribution in [0, 0.1) is 3.57 Å². The van der Waals surface area contributed by atoms with E-state index in [4.69, 9.17) is 5.73 Å². The second kappa shape index (κ2) is 6.85. The fourth-order valence-corrected chi connectivity index (χ4v) is 1.94. The number of nitrogens with one attached hydrogen (secondary N) is 1. The summed E-state index contributed by atoms with van der Waals surface area (Å²) in [6, 6.07) is 8.10. The lowest BCUT2D eigenvalue weighted by Gasteiger charge is -2.07. The highest BCUT2D eigenvalue weighted by molar-refractivity contribution is 14.1. The molecule has 1 atom stereocenters. The highest BCUT2D eigenvalue weighted by atomic mass is 127. The number of carbonyl (C=O) groups excluding carboxylic acids is 1. The van der Waals surface area contributed by atoms with Gasteiger partial charge in [-0.25, -0.2) is 0 Å². The number of nitrogens with two attached hydrogens (primary N) is 1. The summed E-state index contributed by atoms with van der Waals surface area (Å²) < 4.78 is 1.15. The van der Waals surface area contributed by atoms with Crippen molar-refractivity contribution in [1.29, 1.82) is 0 Å². The molecule has 1 unspecified atom stereocenters. The van der Waals surface area contributed by atoms with Crippen LogP contribution in [0.15, 0.2) is 24.3 Å². The summed E-state index contributed by atoms with van der Waals surface area (Å²) in [6.07, 6.45) is 1.26. The Morgan fingerprint density at radius 3 is 2.94 bits per heavy atom. The lowest BCUT2D eigenvalue weighted by molar-refractivity contribution is -0.120. The lowest BCUT2D eigenvalue weighted by atomic mass is 10.1. The molecule has 1 aromatic carbocycles. The van der Waals surface area contributed by atoms with Gasteiger partial charge in [-0.3, -0.25) is 4.79 Å². The van der Waals surface area contributed by atoms with E-state index in [1.165, 1.54) is 0 Å². The Morgan fingerprint density at radius 1 is 1.56 bits per heavy atom. The summed E-state index contributed by atoms with van der Waals surface area (Å²) in [5.74, 6) is 0.0580. The zero-order chi connectivity index (χ0) is 12.0. The van der Waals surface area contributed by atoms with Crippen molar-refractivity contribution >= 4 is 28.5 Å². The molecule has 0 aliphatic rings. The van der Waals surface area contributed by atoms with Crippen LogP contribution < -0.4 is 11.1 Å². The number of rotatable bonds is 5. The van der Waals surface area contributed by atoms with Gasteiger partial charge in [0, 0.05) is 16.2 Å². The van der Waals surface area contributed by atoms with Crippen LogP contribution in [0.2, 0.25) is 0 Å². The Balaban J connectivity index is 2.34. The van der Waals surface area contributed by atoms with Crippen molar-refractivity contribution in [2.75, 3.05) is 6.54 Å². The molecule has 16 heavy (non-hydrogen) atoms. The van der Waals surface area contributed by atoms with E-state index >= 15 is 0 Å². The third-order valence-electron chi connectivity index (χ3n) is 2.18. The van der Waals surface area contributed by atoms with Crippen molar-refractivity contribution < 1.29 is 4.79 Å². The molecular formula is C12H17IN2O. The van der Waals surface area contributed by atoms with E-state index < -0.39 is 0 Å². The summed E-state index contributed by atoms with van der Waals surface area (Å²) in [6.45, 7) is 2.59. The molecule has 0 heterocycles. The van der Waals surface area contributed by atoms with Gasteiger partial charge in [0.05, 0.1) is 6.42 Å². The lowest BCUT2D eigenvalue weighted by Crippen LogP contribution is -2.30. The molecule has 0 aliphatic carbocycles. The Bertz CT molecular complexity index is 353. The van der Waals surface area contributed by atoms with Crippen molar-refractivity contribution in [3.8, 4) is 0 Å². The van der Waals surface area contributed by atoms with Gasteiger partial charge in [0.1, 0.15) is 0 Å². The molecule has 0 bridgehead atoms. The standard InChI is InChI=1S/C12H17IN2O/c1-9(14)5-6-15-12(16)8-10-3-2-4-11(13)7-10/h2-4,7,9H,5-6,8,14H2,1H3,(H,15,16). The quantitative estimate of drug-likeness (QED) is 0.807. The Hall–Kier alpha value is -0.620. The predicted molar refractivity (Wildman–Crippen MR) is 74.1 cm³/mol. The van der Waals surface area contributed by atoms with Gasteiger partial charge in [-0.1, -0.05) is 12.1 Å². The minimum atomic E-state index is 0.0580. The summed E-state index contributed by atoms with van der Waals surface area (Å²) in [4.78, 5) is 11.6. The summed E-state index contributed by atoms with van der Waals surface area (Å²) in [5.41, 5.74) is 6.65. The van der Waals surface area contributed by atoms with E-state index in [1.807, 2.05) is 31.2 Å². The maximum Gasteiger partial charge on any atom is 0.224 e. The minimum absolute atomic E-state index is 0.0580. The number of hydrogen-bond acceptors (Lipinski definition) is 2. The third-order valence-corrected chi connectivity index (χ3v) is 2.85. The Morgan fingerprint density at radius 2 is 2.31 bits per heavy atom. The molecule has 3 nitrogen and oxygen atoms in total. The molecule has 0 fully saturated rings. The minimum Gasteiger partial charge on any atom is -0.356 e. The van der Waals surface area contributed by atoms with Gasteiger partial charge >= 0.3 is 0 Å². The van der Waals surface area contributed by atoms with Gasteiger partial charge in [0.2, 0.25) is 5.91 Å². The van der Waals surface area contributed by atoms with Crippen LogP contribution in [0.5, 0.6) is 0 Å². The maximum absolute atomic E-state index is 11.6. The molecule has 0 aliphatic heterocycles. The third kappa shape index (κ3) is 5.46. The second-order valence-electron chi connectivity index (χ2n) is 3.92. The average molecular weight is 332 g/mol. The molecule has 0 spiro atoms. The summed E-state index contributed by atoms with van der Waals surface area (Å²) in [7, 11) is 0. The fraction of sp³-hybridized carbons (Fsp3) is 0.417. The van der Waals surface area contributed by atoms with Gasteiger partial charge in [-0.2, -0.15) is 0 Å². The highest BCUT2D eigenvalue weighted by Gasteiger charge is 2.03. The van der Waals surface area contributed by atoms with Crippen molar-refractivity contribution in [2.24, 2.45) is 5.73 Å². The first kappa shape index (κ1) is 13.4.